The molecule has 0 spiro atoms. The molecule has 6 heteroatoms. The van der Waals surface area contributed by atoms with E-state index < -0.39 is 16.3 Å². The van der Waals surface area contributed by atoms with Crippen molar-refractivity contribution >= 4 is 23.6 Å². The molecule has 0 amide bonds. The topological polar surface area (TPSA) is 89.7 Å². The zero-order valence-electron chi connectivity index (χ0n) is 17.8. The number of phenols is 1. The molecule has 0 fully saturated rings. The number of phenolic OH excluding ortho intramolecular Hbond substituents is 1. The van der Waals surface area contributed by atoms with E-state index in [0.717, 1.165) is 12.8 Å². The van der Waals surface area contributed by atoms with Crippen LogP contribution in [0.4, 0.5) is 5.69 Å². The summed E-state index contributed by atoms with van der Waals surface area (Å²) >= 11 is 0. The van der Waals surface area contributed by atoms with Crippen LogP contribution in [0.2, 0.25) is 0 Å². The highest BCUT2D eigenvalue weighted by molar-refractivity contribution is 6.09. The molecule has 1 aliphatic rings. The molecular formula is C25H25NO5. The van der Waals surface area contributed by atoms with Gasteiger partial charge in [-0.05, 0) is 69.5 Å². The van der Waals surface area contributed by atoms with Crippen LogP contribution in [-0.2, 0) is 0 Å². The summed E-state index contributed by atoms with van der Waals surface area (Å²) in [6, 6.07) is 9.19. The zero-order chi connectivity index (χ0) is 22.6. The Morgan fingerprint density at radius 2 is 2.03 bits per heavy atom. The van der Waals surface area contributed by atoms with Gasteiger partial charge in [0.2, 0.25) is 0 Å². The number of hydrogen-bond donors (Lipinski definition) is 1. The van der Waals surface area contributed by atoms with E-state index in [0.29, 0.717) is 16.9 Å². The third kappa shape index (κ3) is 5.28. The molecule has 1 atom stereocenters. The van der Waals surface area contributed by atoms with Crippen molar-refractivity contribution in [2.24, 2.45) is 0 Å². The third-order valence-electron chi connectivity index (χ3n) is 5.09. The number of nitrogens with zero attached hydrogens (tertiary/aromatic N) is 1. The SMILES string of the molecule is CC(C)=CCCC1(C)C=Cc2c(ccc(C(=O)/C=C/c3cccc([N+](=O)[O-])c3)c2O)O1. The molecule has 0 saturated heterocycles. The van der Waals surface area contributed by atoms with Crippen LogP contribution < -0.4 is 4.74 Å². The number of fused-ring (bicyclic) bond motifs is 1. The van der Waals surface area contributed by atoms with Gasteiger partial charge in [-0.15, -0.1) is 0 Å². The van der Waals surface area contributed by atoms with Gasteiger partial charge in [-0.2, -0.15) is 0 Å². The number of ketones is 1. The lowest BCUT2D eigenvalue weighted by Crippen LogP contribution is -2.31. The van der Waals surface area contributed by atoms with Crippen LogP contribution in [0.25, 0.3) is 12.2 Å². The van der Waals surface area contributed by atoms with Gasteiger partial charge in [0.1, 0.15) is 17.1 Å². The van der Waals surface area contributed by atoms with Gasteiger partial charge in [0.15, 0.2) is 5.78 Å². The average molecular weight is 419 g/mol. The number of non-ortho nitro benzene ring substituents is 1. The molecule has 1 aliphatic heterocycles. The quantitative estimate of drug-likeness (QED) is 0.192. The van der Waals surface area contributed by atoms with E-state index in [9.17, 15) is 20.0 Å². The van der Waals surface area contributed by atoms with E-state index in [1.54, 1.807) is 24.3 Å². The fourth-order valence-electron chi connectivity index (χ4n) is 3.37. The molecular weight excluding hydrogens is 394 g/mol. The van der Waals surface area contributed by atoms with Crippen molar-refractivity contribution < 1.29 is 19.6 Å². The Balaban J connectivity index is 1.79. The lowest BCUT2D eigenvalue weighted by molar-refractivity contribution is -0.384. The molecule has 1 N–H and O–H groups in total. The van der Waals surface area contributed by atoms with E-state index in [1.165, 1.54) is 35.9 Å². The molecule has 0 aliphatic carbocycles. The molecule has 0 bridgehead atoms. The van der Waals surface area contributed by atoms with Gasteiger partial charge in [-0.3, -0.25) is 14.9 Å². The van der Waals surface area contributed by atoms with Crippen molar-refractivity contribution in [1.29, 1.82) is 0 Å². The van der Waals surface area contributed by atoms with Crippen LogP contribution in [0.15, 0.2) is 60.2 Å². The van der Waals surface area contributed by atoms with E-state index in [1.807, 2.05) is 13.0 Å². The first-order valence-electron chi connectivity index (χ1n) is 10.0. The van der Waals surface area contributed by atoms with Crippen LogP contribution in [-0.4, -0.2) is 21.4 Å². The number of carbonyl (C=O) groups is 1. The molecule has 31 heavy (non-hydrogen) atoms. The highest BCUT2D eigenvalue weighted by Gasteiger charge is 2.29. The number of carbonyl (C=O) groups excluding carboxylic acids is 1. The van der Waals surface area contributed by atoms with Crippen molar-refractivity contribution in [3.8, 4) is 11.5 Å². The number of benzene rings is 2. The van der Waals surface area contributed by atoms with Crippen molar-refractivity contribution in [3.05, 3.63) is 87.0 Å². The van der Waals surface area contributed by atoms with Crippen LogP contribution in [0.5, 0.6) is 11.5 Å². The maximum atomic E-state index is 12.6. The molecule has 0 radical (unpaired) electrons. The Labute approximate surface area is 181 Å². The summed E-state index contributed by atoms with van der Waals surface area (Å²) in [6.07, 6.45) is 10.3. The van der Waals surface area contributed by atoms with Gasteiger partial charge < -0.3 is 9.84 Å². The number of rotatable bonds is 7. The fraction of sp³-hybridized carbons (Fsp3) is 0.240. The second kappa shape index (κ2) is 9.00. The van der Waals surface area contributed by atoms with Crippen molar-refractivity contribution in [2.75, 3.05) is 0 Å². The van der Waals surface area contributed by atoms with Gasteiger partial charge in [-0.1, -0.05) is 29.9 Å². The van der Waals surface area contributed by atoms with Gasteiger partial charge in [0, 0.05) is 12.1 Å². The second-order valence-corrected chi connectivity index (χ2v) is 7.99. The summed E-state index contributed by atoms with van der Waals surface area (Å²) in [6.45, 7) is 6.10. The lowest BCUT2D eigenvalue weighted by Gasteiger charge is -2.32. The predicted molar refractivity (Wildman–Crippen MR) is 121 cm³/mol. The van der Waals surface area contributed by atoms with Gasteiger partial charge in [0.25, 0.3) is 5.69 Å². The minimum atomic E-state index is -0.492. The number of nitro benzene ring substituents is 1. The van der Waals surface area contributed by atoms with Crippen LogP contribution >= 0.6 is 0 Å². The number of hydrogen-bond acceptors (Lipinski definition) is 5. The maximum absolute atomic E-state index is 12.6. The Bertz CT molecular complexity index is 1110. The lowest BCUT2D eigenvalue weighted by atomic mass is 9.93. The van der Waals surface area contributed by atoms with Crippen LogP contribution in [0.3, 0.4) is 0 Å². The molecule has 2 aromatic carbocycles. The Morgan fingerprint density at radius 1 is 1.26 bits per heavy atom. The van der Waals surface area contributed by atoms with Gasteiger partial charge >= 0.3 is 0 Å². The van der Waals surface area contributed by atoms with E-state index in [-0.39, 0.29) is 17.0 Å². The highest BCUT2D eigenvalue weighted by atomic mass is 16.6. The first kappa shape index (κ1) is 22.0. The molecule has 160 valence electrons. The Hall–Kier alpha value is -3.67. The van der Waals surface area contributed by atoms with Gasteiger partial charge in [-0.25, -0.2) is 0 Å². The number of ether oxygens (including phenoxy) is 1. The number of nitro groups is 1. The van der Waals surface area contributed by atoms with Crippen LogP contribution in [0, 0.1) is 10.1 Å². The standard InChI is InChI=1S/C25H25NO5/c1-17(2)6-5-14-25(3)15-13-21-23(31-25)12-10-20(24(21)28)22(27)11-9-18-7-4-8-19(16-18)26(29)30/h4,6-13,15-16,28H,5,14H2,1-3H3/b11-9+. The summed E-state index contributed by atoms with van der Waals surface area (Å²) in [4.78, 5) is 23.0. The maximum Gasteiger partial charge on any atom is 0.270 e. The molecule has 3 rings (SSSR count). The third-order valence-corrected chi connectivity index (χ3v) is 5.09. The normalized spacial score (nSPS) is 17.1. The van der Waals surface area contributed by atoms with Crippen molar-refractivity contribution in [2.45, 2.75) is 39.2 Å². The second-order valence-electron chi connectivity index (χ2n) is 7.99. The van der Waals surface area contributed by atoms with E-state index in [2.05, 4.69) is 19.9 Å². The minimum absolute atomic E-state index is 0.0545. The molecule has 0 saturated carbocycles. The summed E-state index contributed by atoms with van der Waals surface area (Å²) in [5.74, 6) is -0.0233. The summed E-state index contributed by atoms with van der Waals surface area (Å²) in [5, 5.41) is 21.5. The van der Waals surface area contributed by atoms with Gasteiger partial charge in [0.05, 0.1) is 16.1 Å². The zero-order valence-corrected chi connectivity index (χ0v) is 17.8. The molecule has 1 unspecified atom stereocenters. The first-order chi connectivity index (χ1) is 14.7. The Morgan fingerprint density at radius 3 is 2.74 bits per heavy atom. The molecule has 0 aromatic heterocycles. The molecule has 1 heterocycles. The summed E-state index contributed by atoms with van der Waals surface area (Å²) in [5.41, 5.74) is 1.84. The summed E-state index contributed by atoms with van der Waals surface area (Å²) in [7, 11) is 0. The van der Waals surface area contributed by atoms with Crippen molar-refractivity contribution in [1.82, 2.24) is 0 Å². The highest BCUT2D eigenvalue weighted by Crippen LogP contribution is 2.40. The monoisotopic (exact) mass is 419 g/mol. The minimum Gasteiger partial charge on any atom is -0.506 e. The summed E-state index contributed by atoms with van der Waals surface area (Å²) < 4.78 is 6.11. The molecule has 2 aromatic rings. The van der Waals surface area contributed by atoms with E-state index in [4.69, 9.17) is 4.74 Å². The fourth-order valence-corrected chi connectivity index (χ4v) is 3.37. The van der Waals surface area contributed by atoms with Crippen LogP contribution in [0.1, 0.15) is 55.1 Å². The molecule has 6 nitrogen and oxygen atoms in total. The van der Waals surface area contributed by atoms with Crippen molar-refractivity contribution in [3.63, 3.8) is 0 Å². The Kier molecular flexibility index (Phi) is 6.39. The average Bonchev–Trinajstić information content (AvgIpc) is 2.72. The largest absolute Gasteiger partial charge is 0.506 e. The number of aromatic hydroxyl groups is 1. The number of allylic oxidation sites excluding steroid dienone is 3. The first-order valence-corrected chi connectivity index (χ1v) is 10.0. The predicted octanol–water partition coefficient (Wildman–Crippen LogP) is 6.11. The smallest absolute Gasteiger partial charge is 0.270 e. The van der Waals surface area contributed by atoms with E-state index >= 15 is 0 Å².